The highest BCUT2D eigenvalue weighted by atomic mass is 16.6. The fourth-order valence-corrected chi connectivity index (χ4v) is 6.69. The molecule has 0 aliphatic carbocycles. The van der Waals surface area contributed by atoms with Gasteiger partial charge in [0.25, 0.3) is 0 Å². The number of esters is 3. The van der Waals surface area contributed by atoms with Gasteiger partial charge in [0.2, 0.25) is 0 Å². The normalized spacial score (nSPS) is 12.4. The van der Waals surface area contributed by atoms with Gasteiger partial charge in [0.1, 0.15) is 13.2 Å². The molecule has 0 saturated carbocycles. The zero-order valence-corrected chi connectivity index (χ0v) is 37.6. The number of carbonyl (C=O) groups is 3. The first-order valence-corrected chi connectivity index (χ1v) is 24.1. The summed E-state index contributed by atoms with van der Waals surface area (Å²) in [4.78, 5) is 37.7. The zero-order valence-electron chi connectivity index (χ0n) is 37.6. The van der Waals surface area contributed by atoms with Gasteiger partial charge >= 0.3 is 17.9 Å². The van der Waals surface area contributed by atoms with Crippen LogP contribution >= 0.6 is 0 Å². The summed E-state index contributed by atoms with van der Waals surface area (Å²) in [6, 6.07) is 0. The van der Waals surface area contributed by atoms with E-state index >= 15 is 0 Å². The minimum atomic E-state index is -0.783. The fourth-order valence-electron chi connectivity index (χ4n) is 6.69. The molecule has 0 aliphatic rings. The molecule has 6 heteroatoms. The van der Waals surface area contributed by atoms with Gasteiger partial charge in [-0.25, -0.2) is 0 Å². The number of hydrogen-bond acceptors (Lipinski definition) is 6. The van der Waals surface area contributed by atoms with Crippen LogP contribution in [0.4, 0.5) is 0 Å². The lowest BCUT2D eigenvalue weighted by Crippen LogP contribution is -2.30. The molecular formula is C51H90O6. The topological polar surface area (TPSA) is 78.9 Å². The van der Waals surface area contributed by atoms with Crippen molar-refractivity contribution in [1.82, 2.24) is 0 Å². The Morgan fingerprint density at radius 1 is 0.368 bits per heavy atom. The summed E-state index contributed by atoms with van der Waals surface area (Å²) in [5.41, 5.74) is 0. The van der Waals surface area contributed by atoms with Gasteiger partial charge < -0.3 is 14.2 Å². The van der Waals surface area contributed by atoms with Gasteiger partial charge in [-0.1, -0.05) is 191 Å². The molecule has 0 radical (unpaired) electrons. The van der Waals surface area contributed by atoms with Gasteiger partial charge in [0.05, 0.1) is 0 Å². The molecule has 330 valence electrons. The van der Waals surface area contributed by atoms with Crippen LogP contribution in [0.25, 0.3) is 0 Å². The van der Waals surface area contributed by atoms with E-state index in [0.29, 0.717) is 19.3 Å². The summed E-state index contributed by atoms with van der Waals surface area (Å²) in [7, 11) is 0. The second kappa shape index (κ2) is 46.1. The maximum absolute atomic E-state index is 12.7. The van der Waals surface area contributed by atoms with E-state index in [0.717, 1.165) is 83.5 Å². The van der Waals surface area contributed by atoms with E-state index in [9.17, 15) is 14.4 Å². The van der Waals surface area contributed by atoms with Crippen molar-refractivity contribution in [2.75, 3.05) is 13.2 Å². The van der Waals surface area contributed by atoms with Gasteiger partial charge in [0.15, 0.2) is 6.10 Å². The molecule has 1 unspecified atom stereocenters. The molecule has 0 spiro atoms. The van der Waals surface area contributed by atoms with E-state index in [1.807, 2.05) is 0 Å². The number of allylic oxidation sites excluding steroid dienone is 8. The molecule has 0 N–H and O–H groups in total. The molecule has 0 saturated heterocycles. The molecule has 0 bridgehead atoms. The molecular weight excluding hydrogens is 709 g/mol. The maximum atomic E-state index is 12.7. The number of rotatable bonds is 43. The monoisotopic (exact) mass is 799 g/mol. The fraction of sp³-hybridized carbons (Fsp3) is 0.784. The summed E-state index contributed by atoms with van der Waals surface area (Å²) in [6.07, 6.45) is 54.0. The minimum Gasteiger partial charge on any atom is -0.462 e. The van der Waals surface area contributed by atoms with E-state index in [2.05, 4.69) is 69.4 Å². The Balaban J connectivity index is 4.27. The number of carbonyl (C=O) groups excluding carboxylic acids is 3. The van der Waals surface area contributed by atoms with Gasteiger partial charge in [-0.3, -0.25) is 14.4 Å². The molecule has 0 aromatic heterocycles. The molecule has 0 aromatic carbocycles. The first kappa shape index (κ1) is 54.4. The average Bonchev–Trinajstić information content (AvgIpc) is 3.21. The van der Waals surface area contributed by atoms with Crippen molar-refractivity contribution in [3.63, 3.8) is 0 Å². The Kier molecular flexibility index (Phi) is 43.9. The number of hydrogen-bond donors (Lipinski definition) is 0. The summed E-state index contributed by atoms with van der Waals surface area (Å²) in [5, 5.41) is 0. The first-order valence-electron chi connectivity index (χ1n) is 24.1. The van der Waals surface area contributed by atoms with Crippen molar-refractivity contribution >= 4 is 17.9 Å². The lowest BCUT2D eigenvalue weighted by atomic mass is 10.1. The van der Waals surface area contributed by atoms with Gasteiger partial charge in [0, 0.05) is 19.3 Å². The molecule has 0 aromatic rings. The highest BCUT2D eigenvalue weighted by Crippen LogP contribution is 2.14. The molecule has 0 heterocycles. The standard InChI is InChI=1S/C51H90O6/c1-4-7-10-13-16-18-20-22-23-24-25-26-27-29-30-32-35-38-41-44-50(53)56-47-48(46-55-49(52)43-40-37-34-15-12-9-6-3)57-51(54)45-42-39-36-33-31-28-21-19-17-14-11-8-5-2/h8,11,17,19,22-23,28,31,48H,4-7,9-10,12-16,18,20-21,24-27,29-30,32-47H2,1-3H3/b11-8-,19-17-,23-22-,31-28-. The van der Waals surface area contributed by atoms with Gasteiger partial charge in [-0.05, 0) is 77.0 Å². The molecule has 57 heavy (non-hydrogen) atoms. The molecule has 0 fully saturated rings. The maximum Gasteiger partial charge on any atom is 0.306 e. The predicted octanol–water partition coefficient (Wildman–Crippen LogP) is 15.5. The predicted molar refractivity (Wildman–Crippen MR) is 242 cm³/mol. The molecule has 6 nitrogen and oxygen atoms in total. The van der Waals surface area contributed by atoms with E-state index in [-0.39, 0.29) is 31.1 Å². The number of ether oxygens (including phenoxy) is 3. The lowest BCUT2D eigenvalue weighted by molar-refractivity contribution is -0.167. The van der Waals surface area contributed by atoms with Crippen molar-refractivity contribution in [3.8, 4) is 0 Å². The Bertz CT molecular complexity index is 1010. The molecule has 1 atom stereocenters. The van der Waals surface area contributed by atoms with Crippen molar-refractivity contribution < 1.29 is 28.6 Å². The third kappa shape index (κ3) is 44.3. The third-order valence-electron chi connectivity index (χ3n) is 10.3. The molecule has 0 aliphatic heterocycles. The quantitative estimate of drug-likeness (QED) is 0.0265. The van der Waals surface area contributed by atoms with E-state index in [1.165, 1.54) is 116 Å². The Morgan fingerprint density at radius 2 is 0.684 bits per heavy atom. The second-order valence-electron chi connectivity index (χ2n) is 16.0. The Morgan fingerprint density at radius 3 is 1.11 bits per heavy atom. The summed E-state index contributed by atoms with van der Waals surface area (Å²) >= 11 is 0. The van der Waals surface area contributed by atoms with Crippen LogP contribution in [-0.4, -0.2) is 37.2 Å². The molecule has 0 amide bonds. The SMILES string of the molecule is CC/C=C\C/C=C\C/C=C\CCCCCC(=O)OC(COC(=O)CCCCCCCCC)COC(=O)CCCCCCCCCCC/C=C\CCCCCCCC. The van der Waals surface area contributed by atoms with Crippen LogP contribution in [0.2, 0.25) is 0 Å². The van der Waals surface area contributed by atoms with Crippen molar-refractivity contribution in [2.24, 2.45) is 0 Å². The third-order valence-corrected chi connectivity index (χ3v) is 10.3. The van der Waals surface area contributed by atoms with Gasteiger partial charge in [-0.15, -0.1) is 0 Å². The number of unbranched alkanes of at least 4 members (excludes halogenated alkanes) is 24. The van der Waals surface area contributed by atoms with Crippen LogP contribution in [0.5, 0.6) is 0 Å². The highest BCUT2D eigenvalue weighted by molar-refractivity contribution is 5.71. The van der Waals surface area contributed by atoms with E-state index in [4.69, 9.17) is 14.2 Å². The Hall–Kier alpha value is -2.63. The van der Waals surface area contributed by atoms with Crippen LogP contribution in [0, 0.1) is 0 Å². The lowest BCUT2D eigenvalue weighted by Gasteiger charge is -2.18. The van der Waals surface area contributed by atoms with Crippen molar-refractivity contribution in [3.05, 3.63) is 48.6 Å². The van der Waals surface area contributed by atoms with Crippen molar-refractivity contribution in [2.45, 2.75) is 245 Å². The second-order valence-corrected chi connectivity index (χ2v) is 16.0. The van der Waals surface area contributed by atoms with Crippen LogP contribution in [0.1, 0.15) is 239 Å². The largest absolute Gasteiger partial charge is 0.462 e. The first-order chi connectivity index (χ1) is 28.0. The van der Waals surface area contributed by atoms with Crippen LogP contribution < -0.4 is 0 Å². The summed E-state index contributed by atoms with van der Waals surface area (Å²) in [5.74, 6) is -0.921. The highest BCUT2D eigenvalue weighted by Gasteiger charge is 2.19. The minimum absolute atomic E-state index is 0.0849. The van der Waals surface area contributed by atoms with Crippen LogP contribution in [0.15, 0.2) is 48.6 Å². The smallest absolute Gasteiger partial charge is 0.306 e. The van der Waals surface area contributed by atoms with E-state index in [1.54, 1.807) is 0 Å². The van der Waals surface area contributed by atoms with Crippen LogP contribution in [0.3, 0.4) is 0 Å². The molecule has 0 rings (SSSR count). The zero-order chi connectivity index (χ0) is 41.5. The average molecular weight is 799 g/mol. The van der Waals surface area contributed by atoms with Gasteiger partial charge in [-0.2, -0.15) is 0 Å². The van der Waals surface area contributed by atoms with Crippen molar-refractivity contribution in [1.29, 1.82) is 0 Å². The van der Waals surface area contributed by atoms with Crippen LogP contribution in [-0.2, 0) is 28.6 Å². The summed E-state index contributed by atoms with van der Waals surface area (Å²) in [6.45, 7) is 6.45. The van der Waals surface area contributed by atoms with E-state index < -0.39 is 6.10 Å². The summed E-state index contributed by atoms with van der Waals surface area (Å²) < 4.78 is 16.7. The Labute approximate surface area is 352 Å².